The first-order chi connectivity index (χ1) is 13.3. The number of carbonyl (C=O) groups is 1. The number of hydrogen-bond donors (Lipinski definition) is 0. The summed E-state index contributed by atoms with van der Waals surface area (Å²) in [5, 5.41) is 9.63. The monoisotopic (exact) mass is 388 g/mol. The van der Waals surface area contributed by atoms with Gasteiger partial charge < -0.3 is 9.32 Å². The van der Waals surface area contributed by atoms with Crippen LogP contribution in [0.5, 0.6) is 0 Å². The van der Waals surface area contributed by atoms with E-state index >= 15 is 0 Å². The number of hydrogen-bond acceptors (Lipinski definition) is 5. The van der Waals surface area contributed by atoms with E-state index in [1.807, 2.05) is 12.1 Å². The molecule has 0 saturated heterocycles. The molecule has 0 atom stereocenters. The van der Waals surface area contributed by atoms with E-state index in [1.54, 1.807) is 6.26 Å². The topological polar surface area (TPSA) is 64.2 Å². The van der Waals surface area contributed by atoms with Crippen molar-refractivity contribution in [2.75, 3.05) is 12.3 Å². The summed E-state index contributed by atoms with van der Waals surface area (Å²) in [7, 11) is 0. The smallest absolute Gasteiger partial charge is 0.233 e. The third-order valence-corrected chi connectivity index (χ3v) is 6.53. The second-order valence-corrected chi connectivity index (χ2v) is 8.48. The van der Waals surface area contributed by atoms with E-state index in [0.29, 0.717) is 24.3 Å². The van der Waals surface area contributed by atoms with E-state index in [2.05, 4.69) is 26.6 Å². The Hall–Kier alpha value is -1.76. The third-order valence-electron chi connectivity index (χ3n) is 5.58. The minimum atomic E-state index is 0.218. The maximum Gasteiger partial charge on any atom is 0.233 e. The van der Waals surface area contributed by atoms with Crippen LogP contribution >= 0.6 is 11.8 Å². The highest BCUT2D eigenvalue weighted by Crippen LogP contribution is 2.40. The van der Waals surface area contributed by atoms with Crippen molar-refractivity contribution in [3.8, 4) is 0 Å². The van der Waals surface area contributed by atoms with Crippen LogP contribution in [-0.4, -0.2) is 43.9 Å². The van der Waals surface area contributed by atoms with Gasteiger partial charge in [-0.15, -0.1) is 10.2 Å². The first-order valence-corrected chi connectivity index (χ1v) is 11.1. The van der Waals surface area contributed by atoms with Crippen LogP contribution in [0.3, 0.4) is 0 Å². The summed E-state index contributed by atoms with van der Waals surface area (Å²) < 4.78 is 7.65. The predicted octanol–water partition coefficient (Wildman–Crippen LogP) is 4.07. The van der Waals surface area contributed by atoms with Crippen molar-refractivity contribution in [2.24, 2.45) is 0 Å². The maximum absolute atomic E-state index is 12.9. The molecule has 2 saturated carbocycles. The van der Waals surface area contributed by atoms with E-state index in [9.17, 15) is 4.79 Å². The van der Waals surface area contributed by atoms with Gasteiger partial charge in [0.1, 0.15) is 11.6 Å². The van der Waals surface area contributed by atoms with Gasteiger partial charge in [-0.25, -0.2) is 0 Å². The summed E-state index contributed by atoms with van der Waals surface area (Å²) in [5.41, 5.74) is 0. The predicted molar refractivity (Wildman–Crippen MR) is 105 cm³/mol. The molecule has 0 spiro atoms. The SMILES string of the molecule is CCN(C(=O)CSc1nnc(C2CC2)n1Cc1ccco1)C1CCCCC1. The minimum absolute atomic E-state index is 0.218. The van der Waals surface area contributed by atoms with Gasteiger partial charge in [-0.2, -0.15) is 0 Å². The normalized spacial score (nSPS) is 18.0. The van der Waals surface area contributed by atoms with Gasteiger partial charge in [0.2, 0.25) is 5.91 Å². The van der Waals surface area contributed by atoms with Gasteiger partial charge in [-0.05, 0) is 44.7 Å². The lowest BCUT2D eigenvalue weighted by molar-refractivity contribution is -0.131. The molecule has 0 bridgehead atoms. The van der Waals surface area contributed by atoms with Crippen LogP contribution in [-0.2, 0) is 11.3 Å². The van der Waals surface area contributed by atoms with Crippen molar-refractivity contribution in [3.63, 3.8) is 0 Å². The Labute approximate surface area is 164 Å². The lowest BCUT2D eigenvalue weighted by Crippen LogP contribution is -2.42. The molecule has 0 N–H and O–H groups in total. The Kier molecular flexibility index (Phi) is 5.86. The molecule has 146 valence electrons. The van der Waals surface area contributed by atoms with Crippen molar-refractivity contribution >= 4 is 17.7 Å². The van der Waals surface area contributed by atoms with Gasteiger partial charge in [0, 0.05) is 18.5 Å². The number of thioether (sulfide) groups is 1. The van der Waals surface area contributed by atoms with E-state index in [0.717, 1.165) is 36.1 Å². The Morgan fingerprint density at radius 1 is 1.26 bits per heavy atom. The first-order valence-electron chi connectivity index (χ1n) is 10.1. The molecule has 2 aromatic heterocycles. The Bertz CT molecular complexity index is 748. The third kappa shape index (κ3) is 4.39. The van der Waals surface area contributed by atoms with Crippen molar-refractivity contribution in [1.29, 1.82) is 0 Å². The highest BCUT2D eigenvalue weighted by molar-refractivity contribution is 7.99. The van der Waals surface area contributed by atoms with Gasteiger partial charge in [0.05, 0.1) is 18.6 Å². The zero-order valence-electron chi connectivity index (χ0n) is 16.0. The number of amides is 1. The van der Waals surface area contributed by atoms with Gasteiger partial charge in [0.15, 0.2) is 5.16 Å². The highest BCUT2D eigenvalue weighted by Gasteiger charge is 2.31. The Morgan fingerprint density at radius 3 is 2.74 bits per heavy atom. The summed E-state index contributed by atoms with van der Waals surface area (Å²) in [6.07, 6.45) is 10.1. The van der Waals surface area contributed by atoms with E-state index in [1.165, 1.54) is 43.9 Å². The molecule has 7 heteroatoms. The molecule has 2 aromatic rings. The van der Waals surface area contributed by atoms with Gasteiger partial charge in [-0.1, -0.05) is 31.0 Å². The van der Waals surface area contributed by atoms with Crippen molar-refractivity contribution in [2.45, 2.75) is 75.5 Å². The number of aromatic nitrogens is 3. The summed E-state index contributed by atoms with van der Waals surface area (Å²) in [6, 6.07) is 4.29. The molecule has 27 heavy (non-hydrogen) atoms. The van der Waals surface area contributed by atoms with Gasteiger partial charge in [-0.3, -0.25) is 9.36 Å². The molecule has 6 nitrogen and oxygen atoms in total. The second kappa shape index (κ2) is 8.50. The highest BCUT2D eigenvalue weighted by atomic mass is 32.2. The molecule has 2 aliphatic carbocycles. The maximum atomic E-state index is 12.9. The largest absolute Gasteiger partial charge is 0.467 e. The first kappa shape index (κ1) is 18.6. The average Bonchev–Trinajstić information content (AvgIpc) is 3.26. The lowest BCUT2D eigenvalue weighted by atomic mass is 9.94. The van der Waals surface area contributed by atoms with Crippen LogP contribution in [0.15, 0.2) is 28.0 Å². The van der Waals surface area contributed by atoms with Crippen molar-refractivity contribution in [3.05, 3.63) is 30.0 Å². The summed E-state index contributed by atoms with van der Waals surface area (Å²) in [5.74, 6) is 3.07. The minimum Gasteiger partial charge on any atom is -0.467 e. The fraction of sp³-hybridized carbons (Fsp3) is 0.650. The summed E-state index contributed by atoms with van der Waals surface area (Å²) in [6.45, 7) is 3.50. The van der Waals surface area contributed by atoms with Crippen molar-refractivity contribution < 1.29 is 9.21 Å². The fourth-order valence-corrected chi connectivity index (χ4v) is 4.83. The second-order valence-electron chi connectivity index (χ2n) is 7.54. The zero-order chi connectivity index (χ0) is 18.6. The van der Waals surface area contributed by atoms with E-state index in [4.69, 9.17) is 4.42 Å². The van der Waals surface area contributed by atoms with E-state index in [-0.39, 0.29) is 5.91 Å². The summed E-state index contributed by atoms with van der Waals surface area (Å²) in [4.78, 5) is 14.9. The van der Waals surface area contributed by atoms with Crippen LogP contribution in [0.1, 0.15) is 69.4 Å². The molecule has 0 unspecified atom stereocenters. The molecular formula is C20H28N4O2S. The van der Waals surface area contributed by atoms with Crippen molar-refractivity contribution in [1.82, 2.24) is 19.7 Å². The van der Waals surface area contributed by atoms with Gasteiger partial charge in [0.25, 0.3) is 0 Å². The lowest BCUT2D eigenvalue weighted by Gasteiger charge is -2.33. The average molecular weight is 389 g/mol. The quantitative estimate of drug-likeness (QED) is 0.638. The molecule has 0 radical (unpaired) electrons. The molecule has 2 aliphatic rings. The summed E-state index contributed by atoms with van der Waals surface area (Å²) >= 11 is 1.51. The number of carbonyl (C=O) groups excluding carboxylic acids is 1. The fourth-order valence-electron chi connectivity index (χ4n) is 4.00. The standard InChI is InChI=1S/C20H28N4O2S/c1-2-23(16-7-4-3-5-8-16)18(25)14-27-20-22-21-19(15-10-11-15)24(20)13-17-9-6-12-26-17/h6,9,12,15-16H,2-5,7-8,10-11,13-14H2,1H3. The molecule has 0 aliphatic heterocycles. The molecule has 0 aromatic carbocycles. The number of rotatable bonds is 8. The zero-order valence-corrected chi connectivity index (χ0v) is 16.8. The van der Waals surface area contributed by atoms with Crippen LogP contribution in [0, 0.1) is 0 Å². The number of furan rings is 1. The van der Waals surface area contributed by atoms with E-state index < -0.39 is 0 Å². The molecule has 2 heterocycles. The molecule has 4 rings (SSSR count). The Balaban J connectivity index is 1.43. The van der Waals surface area contributed by atoms with Crippen LogP contribution < -0.4 is 0 Å². The van der Waals surface area contributed by atoms with Crippen LogP contribution in [0.4, 0.5) is 0 Å². The molecular weight excluding hydrogens is 360 g/mol. The van der Waals surface area contributed by atoms with Gasteiger partial charge >= 0.3 is 0 Å². The number of nitrogens with zero attached hydrogens (tertiary/aromatic N) is 4. The van der Waals surface area contributed by atoms with Crippen LogP contribution in [0.2, 0.25) is 0 Å². The Morgan fingerprint density at radius 2 is 2.07 bits per heavy atom. The molecule has 2 fully saturated rings. The van der Waals surface area contributed by atoms with Crippen LogP contribution in [0.25, 0.3) is 0 Å². The molecule has 1 amide bonds.